The summed E-state index contributed by atoms with van der Waals surface area (Å²) in [5, 5.41) is 0.648. The lowest BCUT2D eigenvalue weighted by Crippen LogP contribution is -2.36. The van der Waals surface area contributed by atoms with E-state index in [1.54, 1.807) is 18.3 Å². The van der Waals surface area contributed by atoms with Crippen molar-refractivity contribution in [1.82, 2.24) is 9.97 Å². The molecule has 2 aromatic rings. The number of hydrogen-bond acceptors (Lipinski definition) is 5. The predicted molar refractivity (Wildman–Crippen MR) is 92.4 cm³/mol. The highest BCUT2D eigenvalue weighted by atomic mass is 35.5. The molecule has 24 heavy (non-hydrogen) atoms. The summed E-state index contributed by atoms with van der Waals surface area (Å²) in [5.74, 6) is 1.50. The van der Waals surface area contributed by atoms with Crippen LogP contribution in [0.15, 0.2) is 36.7 Å². The molecule has 0 saturated carbocycles. The molecule has 3 heterocycles. The van der Waals surface area contributed by atoms with Crippen molar-refractivity contribution >= 4 is 23.3 Å². The number of aromatic nitrogens is 2. The third-order valence-corrected chi connectivity index (χ3v) is 4.34. The van der Waals surface area contributed by atoms with Crippen LogP contribution in [0.5, 0.6) is 5.75 Å². The summed E-state index contributed by atoms with van der Waals surface area (Å²) in [6.07, 6.45) is 5.26. The quantitative estimate of drug-likeness (QED) is 0.899. The van der Waals surface area contributed by atoms with Gasteiger partial charge in [-0.15, -0.1) is 0 Å². The maximum absolute atomic E-state index is 11.1. The van der Waals surface area contributed by atoms with E-state index in [2.05, 4.69) is 14.9 Å². The van der Waals surface area contributed by atoms with Gasteiger partial charge in [0.1, 0.15) is 17.3 Å². The van der Waals surface area contributed by atoms with Crippen LogP contribution >= 0.6 is 11.6 Å². The first kappa shape index (κ1) is 16.5. The van der Waals surface area contributed by atoms with E-state index in [-0.39, 0.29) is 5.69 Å². The predicted octanol–water partition coefficient (Wildman–Crippen LogP) is 2.52. The second-order valence-electron chi connectivity index (χ2n) is 5.82. The number of ether oxygens (including phenoxy) is 1. The van der Waals surface area contributed by atoms with Gasteiger partial charge in [0.15, 0.2) is 0 Å². The van der Waals surface area contributed by atoms with Crippen molar-refractivity contribution in [3.05, 3.63) is 47.4 Å². The Labute approximate surface area is 145 Å². The van der Waals surface area contributed by atoms with Crippen LogP contribution in [0, 0.1) is 5.92 Å². The Hall–Kier alpha value is -2.34. The van der Waals surface area contributed by atoms with Gasteiger partial charge in [-0.2, -0.15) is 0 Å². The lowest BCUT2D eigenvalue weighted by Gasteiger charge is -2.32. The molecule has 0 spiro atoms. The summed E-state index contributed by atoms with van der Waals surface area (Å²) in [4.78, 5) is 21.7. The molecule has 126 valence electrons. The van der Waals surface area contributed by atoms with Crippen LogP contribution < -0.4 is 15.4 Å². The molecule has 1 aliphatic rings. The summed E-state index contributed by atoms with van der Waals surface area (Å²) in [6, 6.07) is 7.12. The monoisotopic (exact) mass is 346 g/mol. The molecular weight excluding hydrogens is 328 g/mol. The molecule has 1 saturated heterocycles. The molecule has 7 heteroatoms. The number of rotatable bonds is 5. The van der Waals surface area contributed by atoms with Crippen molar-refractivity contribution in [3.8, 4) is 5.75 Å². The van der Waals surface area contributed by atoms with Gasteiger partial charge in [-0.1, -0.05) is 11.6 Å². The summed E-state index contributed by atoms with van der Waals surface area (Å²) in [5.41, 5.74) is 5.44. The fourth-order valence-electron chi connectivity index (χ4n) is 2.73. The third kappa shape index (κ3) is 4.14. The average molecular weight is 347 g/mol. The molecule has 6 nitrogen and oxygen atoms in total. The number of primary amides is 1. The highest BCUT2D eigenvalue weighted by Gasteiger charge is 2.20. The number of carbonyl (C=O) groups is 1. The van der Waals surface area contributed by atoms with Gasteiger partial charge in [-0.25, -0.2) is 4.98 Å². The second kappa shape index (κ2) is 7.49. The summed E-state index contributed by atoms with van der Waals surface area (Å²) in [7, 11) is 0. The van der Waals surface area contributed by atoms with Crippen molar-refractivity contribution in [2.45, 2.75) is 12.8 Å². The second-order valence-corrected chi connectivity index (χ2v) is 6.25. The lowest BCUT2D eigenvalue weighted by atomic mass is 9.98. The lowest BCUT2D eigenvalue weighted by molar-refractivity contribution is 0.0995. The molecule has 0 radical (unpaired) electrons. The molecule has 1 aliphatic heterocycles. The van der Waals surface area contributed by atoms with Crippen molar-refractivity contribution in [2.24, 2.45) is 11.7 Å². The third-order valence-electron chi connectivity index (χ3n) is 4.12. The average Bonchev–Trinajstić information content (AvgIpc) is 2.61. The minimum absolute atomic E-state index is 0.219. The van der Waals surface area contributed by atoms with Crippen molar-refractivity contribution in [1.29, 1.82) is 0 Å². The van der Waals surface area contributed by atoms with Crippen LogP contribution in [-0.4, -0.2) is 35.6 Å². The van der Waals surface area contributed by atoms with Gasteiger partial charge in [0.2, 0.25) is 0 Å². The van der Waals surface area contributed by atoms with Crippen LogP contribution in [0.25, 0.3) is 0 Å². The molecule has 0 unspecified atom stereocenters. The number of hydrogen-bond donors (Lipinski definition) is 1. The molecule has 2 aromatic heterocycles. The van der Waals surface area contributed by atoms with Crippen LogP contribution in [0.4, 0.5) is 5.82 Å². The summed E-state index contributed by atoms with van der Waals surface area (Å²) < 4.78 is 5.79. The number of pyridine rings is 2. The SMILES string of the molecule is NC(=O)c1cc(OCC2CCN(c3ccc(Cl)cn3)CC2)ccn1. The first-order valence-corrected chi connectivity index (χ1v) is 8.25. The van der Waals surface area contributed by atoms with Gasteiger partial charge in [0, 0.05) is 31.5 Å². The fraction of sp³-hybridized carbons (Fsp3) is 0.353. The zero-order chi connectivity index (χ0) is 16.9. The zero-order valence-electron chi connectivity index (χ0n) is 13.2. The maximum atomic E-state index is 11.1. The summed E-state index contributed by atoms with van der Waals surface area (Å²) in [6.45, 7) is 2.49. The smallest absolute Gasteiger partial charge is 0.267 e. The molecule has 0 aliphatic carbocycles. The Morgan fingerprint density at radius 1 is 1.29 bits per heavy atom. The van der Waals surface area contributed by atoms with Crippen LogP contribution in [-0.2, 0) is 0 Å². The highest BCUT2D eigenvalue weighted by Crippen LogP contribution is 2.23. The normalized spacial score (nSPS) is 15.3. The molecule has 1 amide bonds. The van der Waals surface area contributed by atoms with Gasteiger partial charge >= 0.3 is 0 Å². The van der Waals surface area contributed by atoms with E-state index in [9.17, 15) is 4.79 Å². The molecule has 2 N–H and O–H groups in total. The van der Waals surface area contributed by atoms with Gasteiger partial charge < -0.3 is 15.4 Å². The van der Waals surface area contributed by atoms with E-state index in [0.717, 1.165) is 31.7 Å². The molecule has 0 atom stereocenters. The minimum Gasteiger partial charge on any atom is -0.493 e. The molecule has 1 fully saturated rings. The Morgan fingerprint density at radius 3 is 2.75 bits per heavy atom. The molecule has 0 aromatic carbocycles. The van der Waals surface area contributed by atoms with Crippen molar-refractivity contribution in [3.63, 3.8) is 0 Å². The van der Waals surface area contributed by atoms with Crippen molar-refractivity contribution in [2.75, 3.05) is 24.6 Å². The Morgan fingerprint density at radius 2 is 2.08 bits per heavy atom. The Kier molecular flexibility index (Phi) is 5.15. The number of nitrogens with zero attached hydrogens (tertiary/aromatic N) is 3. The first-order valence-electron chi connectivity index (χ1n) is 7.87. The number of anilines is 1. The van der Waals surface area contributed by atoms with Crippen LogP contribution in [0.3, 0.4) is 0 Å². The van der Waals surface area contributed by atoms with Crippen molar-refractivity contribution < 1.29 is 9.53 Å². The van der Waals surface area contributed by atoms with E-state index >= 15 is 0 Å². The maximum Gasteiger partial charge on any atom is 0.267 e. The van der Waals surface area contributed by atoms with E-state index in [0.29, 0.717) is 23.3 Å². The Bertz CT molecular complexity index is 700. The fourth-order valence-corrected chi connectivity index (χ4v) is 2.85. The molecular formula is C17H19ClN4O2. The van der Waals surface area contributed by atoms with Gasteiger partial charge in [0.25, 0.3) is 5.91 Å². The zero-order valence-corrected chi connectivity index (χ0v) is 13.9. The number of amides is 1. The van der Waals surface area contributed by atoms with Gasteiger partial charge in [0.05, 0.1) is 11.6 Å². The van der Waals surface area contributed by atoms with E-state index < -0.39 is 5.91 Å². The van der Waals surface area contributed by atoms with Gasteiger partial charge in [-0.3, -0.25) is 9.78 Å². The first-order chi connectivity index (χ1) is 11.6. The number of nitrogens with two attached hydrogens (primary N) is 1. The van der Waals surface area contributed by atoms with Crippen LogP contribution in [0.1, 0.15) is 23.3 Å². The van der Waals surface area contributed by atoms with Gasteiger partial charge in [-0.05, 0) is 37.0 Å². The van der Waals surface area contributed by atoms with E-state index in [1.165, 1.54) is 6.20 Å². The van der Waals surface area contributed by atoms with Crippen LogP contribution in [0.2, 0.25) is 5.02 Å². The number of carbonyl (C=O) groups excluding carboxylic acids is 1. The standard InChI is InChI=1S/C17H19ClN4O2/c18-13-1-2-16(21-10-13)22-7-4-12(5-8-22)11-24-14-3-6-20-15(9-14)17(19)23/h1-3,6,9-10,12H,4-5,7-8,11H2,(H2,19,23). The van der Waals surface area contributed by atoms with E-state index in [4.69, 9.17) is 22.1 Å². The highest BCUT2D eigenvalue weighted by molar-refractivity contribution is 6.30. The topological polar surface area (TPSA) is 81.3 Å². The Balaban J connectivity index is 1.50. The number of piperidine rings is 1. The minimum atomic E-state index is -0.552. The largest absolute Gasteiger partial charge is 0.493 e. The van der Waals surface area contributed by atoms with E-state index in [1.807, 2.05) is 12.1 Å². The molecule has 3 rings (SSSR count). The number of halogens is 1. The molecule has 0 bridgehead atoms. The summed E-state index contributed by atoms with van der Waals surface area (Å²) >= 11 is 5.87.